The van der Waals surface area contributed by atoms with Gasteiger partial charge in [0.25, 0.3) is 5.91 Å². The molecule has 1 aromatic carbocycles. The van der Waals surface area contributed by atoms with E-state index in [2.05, 4.69) is 10.2 Å². The van der Waals surface area contributed by atoms with Crippen LogP contribution in [-0.4, -0.2) is 58.1 Å². The molecule has 3 N–H and O–H groups in total. The summed E-state index contributed by atoms with van der Waals surface area (Å²) in [4.78, 5) is 27.4. The highest BCUT2D eigenvalue weighted by molar-refractivity contribution is 5.96. The van der Waals surface area contributed by atoms with Crippen molar-refractivity contribution in [2.24, 2.45) is 11.8 Å². The number of ketones is 1. The van der Waals surface area contributed by atoms with Gasteiger partial charge in [-0.3, -0.25) is 14.5 Å². The molecule has 5 atom stereocenters. The monoisotopic (exact) mass is 430 g/mol. The highest BCUT2D eigenvalue weighted by Crippen LogP contribution is 2.38. The summed E-state index contributed by atoms with van der Waals surface area (Å²) in [5.74, 6) is 1.22. The fourth-order valence-corrected chi connectivity index (χ4v) is 5.57. The Morgan fingerprint density at radius 1 is 1.19 bits per heavy atom. The number of hydrogen-bond donors (Lipinski definition) is 3. The maximum absolute atomic E-state index is 12.9. The third-order valence-electron chi connectivity index (χ3n) is 7.36. The van der Waals surface area contributed by atoms with Gasteiger partial charge in [-0.15, -0.1) is 0 Å². The highest BCUT2D eigenvalue weighted by Gasteiger charge is 2.39. The van der Waals surface area contributed by atoms with Crippen molar-refractivity contribution >= 4 is 11.7 Å². The van der Waals surface area contributed by atoms with Crippen molar-refractivity contribution in [1.29, 1.82) is 0 Å². The molecule has 172 valence electrons. The average molecular weight is 431 g/mol. The van der Waals surface area contributed by atoms with Gasteiger partial charge < -0.3 is 15.5 Å². The predicted molar refractivity (Wildman–Crippen MR) is 121 cm³/mol. The SMILES string of the molecule is CCc1c(O)cccc1C(=O)NC(CC)C(O)CN1CC2CCCCC2CC1C(C)=O. The number of benzene rings is 1. The fraction of sp³-hybridized carbons (Fsp3) is 0.680. The first-order valence-electron chi connectivity index (χ1n) is 11.9. The molecule has 0 spiro atoms. The summed E-state index contributed by atoms with van der Waals surface area (Å²) < 4.78 is 0. The number of carbonyl (C=O) groups excluding carboxylic acids is 2. The number of amides is 1. The van der Waals surface area contributed by atoms with E-state index in [0.29, 0.717) is 42.3 Å². The number of hydrogen-bond acceptors (Lipinski definition) is 5. The Bertz CT molecular complexity index is 781. The zero-order valence-corrected chi connectivity index (χ0v) is 19.1. The number of aromatic hydroxyl groups is 1. The standard InChI is InChI=1S/C25H38N2O4/c1-4-19-20(11-8-12-23(19)29)25(31)26-21(5-2)24(30)15-27-14-18-10-7-6-9-17(18)13-22(27)16(3)28/h8,11-12,17-18,21-22,24,29-30H,4-7,9-10,13-15H2,1-3H3,(H,26,31). The minimum Gasteiger partial charge on any atom is -0.508 e. The van der Waals surface area contributed by atoms with E-state index >= 15 is 0 Å². The molecule has 1 aliphatic carbocycles. The molecule has 31 heavy (non-hydrogen) atoms. The van der Waals surface area contributed by atoms with Crippen molar-refractivity contribution in [2.45, 2.75) is 83.9 Å². The van der Waals surface area contributed by atoms with E-state index in [1.54, 1.807) is 25.1 Å². The summed E-state index contributed by atoms with van der Waals surface area (Å²) in [5.41, 5.74) is 1.05. The van der Waals surface area contributed by atoms with E-state index in [-0.39, 0.29) is 23.5 Å². The summed E-state index contributed by atoms with van der Waals surface area (Å²) in [7, 11) is 0. The lowest BCUT2D eigenvalue weighted by molar-refractivity contribution is -0.126. The minimum atomic E-state index is -0.765. The van der Waals surface area contributed by atoms with Gasteiger partial charge in [0.1, 0.15) is 11.5 Å². The topological polar surface area (TPSA) is 89.9 Å². The van der Waals surface area contributed by atoms with Crippen LogP contribution in [0.25, 0.3) is 0 Å². The second-order valence-corrected chi connectivity index (χ2v) is 9.33. The fourth-order valence-electron chi connectivity index (χ4n) is 5.57. The van der Waals surface area contributed by atoms with E-state index in [4.69, 9.17) is 0 Å². The molecular weight excluding hydrogens is 392 g/mol. The molecule has 3 rings (SSSR count). The quantitative estimate of drug-likeness (QED) is 0.589. The van der Waals surface area contributed by atoms with E-state index in [1.807, 2.05) is 13.8 Å². The number of likely N-dealkylation sites (tertiary alicyclic amines) is 1. The zero-order chi connectivity index (χ0) is 22.5. The van der Waals surface area contributed by atoms with Crippen LogP contribution in [0.4, 0.5) is 0 Å². The highest BCUT2D eigenvalue weighted by atomic mass is 16.3. The molecule has 6 nitrogen and oxygen atoms in total. The largest absolute Gasteiger partial charge is 0.508 e. The zero-order valence-electron chi connectivity index (χ0n) is 19.1. The van der Waals surface area contributed by atoms with Gasteiger partial charge in [-0.1, -0.05) is 39.2 Å². The summed E-state index contributed by atoms with van der Waals surface area (Å²) >= 11 is 0. The van der Waals surface area contributed by atoms with Gasteiger partial charge in [-0.2, -0.15) is 0 Å². The van der Waals surface area contributed by atoms with Crippen LogP contribution in [0.15, 0.2) is 18.2 Å². The number of phenolic OH excluding ortho intramolecular Hbond substituents is 1. The third kappa shape index (κ3) is 5.47. The molecule has 1 amide bonds. The number of rotatable bonds is 8. The molecule has 2 aliphatic rings. The van der Waals surface area contributed by atoms with Crippen LogP contribution in [0.1, 0.15) is 75.2 Å². The molecule has 1 heterocycles. The van der Waals surface area contributed by atoms with Crippen molar-refractivity contribution < 1.29 is 19.8 Å². The van der Waals surface area contributed by atoms with Crippen LogP contribution in [0.5, 0.6) is 5.75 Å². The number of fused-ring (bicyclic) bond motifs is 1. The Morgan fingerprint density at radius 3 is 2.55 bits per heavy atom. The second kappa shape index (κ2) is 10.6. The molecule has 2 fully saturated rings. The number of phenols is 1. The molecule has 1 saturated carbocycles. The van der Waals surface area contributed by atoms with Crippen molar-refractivity contribution in [3.05, 3.63) is 29.3 Å². The number of Topliss-reactive ketones (excluding diaryl/α,β-unsaturated/α-hetero) is 1. The molecule has 1 aliphatic heterocycles. The van der Waals surface area contributed by atoms with E-state index in [0.717, 1.165) is 13.0 Å². The lowest BCUT2D eigenvalue weighted by Crippen LogP contribution is -2.56. The Balaban J connectivity index is 1.68. The van der Waals surface area contributed by atoms with Crippen molar-refractivity contribution in [2.75, 3.05) is 13.1 Å². The number of aliphatic hydroxyl groups excluding tert-OH is 1. The van der Waals surface area contributed by atoms with E-state index < -0.39 is 12.1 Å². The van der Waals surface area contributed by atoms with Gasteiger partial charge in [0.2, 0.25) is 0 Å². The van der Waals surface area contributed by atoms with Crippen LogP contribution in [0, 0.1) is 11.8 Å². The number of piperidine rings is 1. The lowest BCUT2D eigenvalue weighted by Gasteiger charge is -2.46. The Labute approximate surface area is 186 Å². The molecule has 0 aromatic heterocycles. The number of nitrogens with zero attached hydrogens (tertiary/aromatic N) is 1. The summed E-state index contributed by atoms with van der Waals surface area (Å²) in [5, 5.41) is 24.0. The Kier molecular flexibility index (Phi) is 8.11. The first-order valence-corrected chi connectivity index (χ1v) is 11.9. The molecular formula is C25H38N2O4. The molecule has 5 unspecified atom stereocenters. The molecule has 6 heteroatoms. The van der Waals surface area contributed by atoms with Crippen molar-refractivity contribution in [1.82, 2.24) is 10.2 Å². The van der Waals surface area contributed by atoms with Gasteiger partial charge in [-0.25, -0.2) is 0 Å². The number of nitrogens with one attached hydrogen (secondary N) is 1. The maximum Gasteiger partial charge on any atom is 0.252 e. The van der Waals surface area contributed by atoms with Crippen molar-refractivity contribution in [3.63, 3.8) is 0 Å². The number of aliphatic hydroxyl groups is 1. The van der Waals surface area contributed by atoms with Crippen LogP contribution in [0.3, 0.4) is 0 Å². The number of carbonyl (C=O) groups is 2. The Hall–Kier alpha value is -1.92. The molecule has 0 bridgehead atoms. The predicted octanol–water partition coefficient (Wildman–Crippen LogP) is 3.29. The molecule has 1 aromatic rings. The third-order valence-corrected chi connectivity index (χ3v) is 7.36. The van der Waals surface area contributed by atoms with Crippen LogP contribution < -0.4 is 5.32 Å². The van der Waals surface area contributed by atoms with Crippen LogP contribution in [0.2, 0.25) is 0 Å². The number of β-amino-alcohol motifs (C(OH)–C–C–N with tert-alkyl or cyclic N) is 1. The van der Waals surface area contributed by atoms with E-state index in [1.165, 1.54) is 25.7 Å². The Morgan fingerprint density at radius 2 is 1.90 bits per heavy atom. The normalized spacial score (nSPS) is 26.0. The second-order valence-electron chi connectivity index (χ2n) is 9.33. The van der Waals surface area contributed by atoms with Crippen molar-refractivity contribution in [3.8, 4) is 5.75 Å². The minimum absolute atomic E-state index is 0.114. The lowest BCUT2D eigenvalue weighted by atomic mass is 9.72. The molecule has 0 radical (unpaired) electrons. The average Bonchev–Trinajstić information content (AvgIpc) is 2.76. The van der Waals surface area contributed by atoms with Gasteiger partial charge >= 0.3 is 0 Å². The van der Waals surface area contributed by atoms with Crippen LogP contribution >= 0.6 is 0 Å². The van der Waals surface area contributed by atoms with Gasteiger partial charge in [0.15, 0.2) is 0 Å². The molecule has 1 saturated heterocycles. The summed E-state index contributed by atoms with van der Waals surface area (Å²) in [6, 6.07) is 4.38. The van der Waals surface area contributed by atoms with Gasteiger partial charge in [-0.05, 0) is 56.6 Å². The maximum atomic E-state index is 12.9. The van der Waals surface area contributed by atoms with Gasteiger partial charge in [0, 0.05) is 24.2 Å². The summed E-state index contributed by atoms with van der Waals surface area (Å²) in [6.45, 7) is 6.72. The summed E-state index contributed by atoms with van der Waals surface area (Å²) in [6.07, 6.45) is 6.17. The smallest absolute Gasteiger partial charge is 0.252 e. The van der Waals surface area contributed by atoms with E-state index in [9.17, 15) is 19.8 Å². The first kappa shape index (κ1) is 23.7. The van der Waals surface area contributed by atoms with Crippen LogP contribution in [-0.2, 0) is 11.2 Å². The first-order chi connectivity index (χ1) is 14.8. The van der Waals surface area contributed by atoms with Gasteiger partial charge in [0.05, 0.1) is 18.2 Å².